The first-order valence-electron chi connectivity index (χ1n) is 7.80. The number of nitrogens with zero attached hydrogens (tertiary/aromatic N) is 1. The smallest absolute Gasteiger partial charge is 0.275 e. The van der Waals surface area contributed by atoms with Crippen molar-refractivity contribution in [2.24, 2.45) is 17.8 Å². The van der Waals surface area contributed by atoms with E-state index < -0.39 is 10.0 Å². The van der Waals surface area contributed by atoms with Gasteiger partial charge in [0.25, 0.3) is 15.1 Å². The zero-order valence-corrected chi connectivity index (χ0v) is 14.1. The molecule has 3 rings (SSSR count). The summed E-state index contributed by atoms with van der Waals surface area (Å²) in [6, 6.07) is -0.0465. The molecular weight excluding hydrogens is 304 g/mol. The lowest BCUT2D eigenvalue weighted by molar-refractivity contribution is 0.157. The summed E-state index contributed by atoms with van der Waals surface area (Å²) in [6.07, 6.45) is 4.04. The quantitative estimate of drug-likeness (QED) is 0.877. The van der Waals surface area contributed by atoms with Gasteiger partial charge in [-0.3, -0.25) is 0 Å². The van der Waals surface area contributed by atoms with Crippen LogP contribution in [0.3, 0.4) is 0 Å². The highest BCUT2D eigenvalue weighted by molar-refractivity contribution is 7.89. The summed E-state index contributed by atoms with van der Waals surface area (Å²) in [4.78, 5) is 4.08. The number of fused-ring (bicyclic) bond motifs is 1. The lowest BCUT2D eigenvalue weighted by Gasteiger charge is -2.40. The lowest BCUT2D eigenvalue weighted by Crippen LogP contribution is -2.50. The molecule has 2 saturated carbocycles. The highest BCUT2D eigenvalue weighted by Crippen LogP contribution is 2.49. The van der Waals surface area contributed by atoms with Gasteiger partial charge in [0.05, 0.1) is 6.20 Å². The van der Waals surface area contributed by atoms with Crippen molar-refractivity contribution >= 4 is 10.0 Å². The minimum Gasteiger partial charge on any atom is -0.427 e. The molecule has 2 aliphatic carbocycles. The average molecular weight is 328 g/mol. The van der Waals surface area contributed by atoms with Crippen LogP contribution in [-0.4, -0.2) is 31.2 Å². The number of aliphatic hydroxyl groups excluding tert-OH is 1. The van der Waals surface area contributed by atoms with E-state index >= 15 is 0 Å². The molecular formula is C15H24N2O4S. The molecule has 7 heteroatoms. The molecule has 22 heavy (non-hydrogen) atoms. The average Bonchev–Trinajstić information content (AvgIpc) is 3.00. The van der Waals surface area contributed by atoms with Crippen molar-refractivity contribution in [3.63, 3.8) is 0 Å². The van der Waals surface area contributed by atoms with Gasteiger partial charge in [-0.1, -0.05) is 20.8 Å². The first-order valence-corrected chi connectivity index (χ1v) is 9.28. The molecule has 0 aromatic carbocycles. The van der Waals surface area contributed by atoms with Gasteiger partial charge in [-0.2, -0.15) is 0 Å². The van der Waals surface area contributed by atoms with Crippen LogP contribution in [0.2, 0.25) is 0 Å². The number of hydrogen-bond acceptors (Lipinski definition) is 5. The molecule has 4 atom stereocenters. The van der Waals surface area contributed by atoms with Gasteiger partial charge in [0.1, 0.15) is 0 Å². The van der Waals surface area contributed by atoms with Crippen molar-refractivity contribution in [3.05, 3.63) is 12.1 Å². The summed E-state index contributed by atoms with van der Waals surface area (Å²) in [5, 5.41) is 9.13. The Hall–Kier alpha value is -0.920. The minimum absolute atomic E-state index is 0.0465. The van der Waals surface area contributed by atoms with Gasteiger partial charge < -0.3 is 9.52 Å². The zero-order chi connectivity index (χ0) is 16.1. The first kappa shape index (κ1) is 16.0. The predicted molar refractivity (Wildman–Crippen MR) is 80.7 cm³/mol. The van der Waals surface area contributed by atoms with Crippen LogP contribution in [0.5, 0.6) is 0 Å². The summed E-state index contributed by atoms with van der Waals surface area (Å²) in [7, 11) is -3.66. The fraction of sp³-hybridized carbons (Fsp3) is 0.800. The Morgan fingerprint density at radius 1 is 1.36 bits per heavy atom. The fourth-order valence-electron chi connectivity index (χ4n) is 3.62. The number of hydrogen-bond donors (Lipinski definition) is 2. The van der Waals surface area contributed by atoms with Crippen molar-refractivity contribution in [1.82, 2.24) is 9.71 Å². The van der Waals surface area contributed by atoms with Crippen LogP contribution in [-0.2, 0) is 15.4 Å². The highest BCUT2D eigenvalue weighted by atomic mass is 32.2. The molecule has 0 aliphatic heterocycles. The molecule has 6 nitrogen and oxygen atoms in total. The molecule has 1 aromatic rings. The number of nitrogens with one attached hydrogen (secondary N) is 1. The van der Waals surface area contributed by atoms with Crippen molar-refractivity contribution in [3.8, 4) is 0 Å². The number of aliphatic hydroxyl groups is 1. The van der Waals surface area contributed by atoms with Gasteiger partial charge in [0.15, 0.2) is 0 Å². The van der Waals surface area contributed by atoms with E-state index in [9.17, 15) is 13.5 Å². The van der Waals surface area contributed by atoms with E-state index in [0.717, 1.165) is 19.3 Å². The maximum atomic E-state index is 12.4. The Labute approximate surface area is 131 Å². The van der Waals surface area contributed by atoms with Crippen molar-refractivity contribution in [2.75, 3.05) is 6.61 Å². The number of sulfonamides is 1. The third kappa shape index (κ3) is 2.81. The molecule has 2 aliphatic rings. The predicted octanol–water partition coefficient (Wildman–Crippen LogP) is 1.66. The number of aromatic nitrogens is 1. The second kappa shape index (κ2) is 5.32. The minimum atomic E-state index is -3.66. The summed E-state index contributed by atoms with van der Waals surface area (Å²) < 4.78 is 33.0. The van der Waals surface area contributed by atoms with Gasteiger partial charge in [-0.25, -0.2) is 18.1 Å². The monoisotopic (exact) mass is 328 g/mol. The van der Waals surface area contributed by atoms with Crippen LogP contribution in [0, 0.1) is 17.8 Å². The number of rotatable bonds is 4. The highest BCUT2D eigenvalue weighted by Gasteiger charge is 2.48. The Kier molecular flexibility index (Phi) is 3.86. The lowest BCUT2D eigenvalue weighted by atomic mass is 9.72. The Bertz CT molecular complexity index is 647. The van der Waals surface area contributed by atoms with Gasteiger partial charge in [0, 0.05) is 18.1 Å². The summed E-state index contributed by atoms with van der Waals surface area (Å²) in [5.41, 5.74) is -0.324. The summed E-state index contributed by atoms with van der Waals surface area (Å²) >= 11 is 0. The van der Waals surface area contributed by atoms with E-state index in [1.54, 1.807) is 0 Å². The molecule has 1 heterocycles. The topological polar surface area (TPSA) is 92.4 Å². The molecule has 124 valence electrons. The van der Waals surface area contributed by atoms with Crippen LogP contribution >= 0.6 is 0 Å². The largest absolute Gasteiger partial charge is 0.427 e. The van der Waals surface area contributed by atoms with Gasteiger partial charge in [0.2, 0.25) is 5.89 Å². The van der Waals surface area contributed by atoms with E-state index in [1.807, 2.05) is 20.8 Å². The fourth-order valence-corrected chi connectivity index (χ4v) is 4.78. The molecule has 0 spiro atoms. The maximum absolute atomic E-state index is 12.4. The van der Waals surface area contributed by atoms with E-state index in [0.29, 0.717) is 23.6 Å². The maximum Gasteiger partial charge on any atom is 0.275 e. The molecule has 0 radical (unpaired) electrons. The Morgan fingerprint density at radius 3 is 2.68 bits per heavy atom. The van der Waals surface area contributed by atoms with Crippen LogP contribution < -0.4 is 4.72 Å². The van der Waals surface area contributed by atoms with Crippen molar-refractivity contribution in [2.45, 2.75) is 56.6 Å². The van der Waals surface area contributed by atoms with Crippen molar-refractivity contribution in [1.29, 1.82) is 0 Å². The zero-order valence-electron chi connectivity index (χ0n) is 13.2. The molecule has 0 saturated heterocycles. The molecule has 0 bridgehead atoms. The van der Waals surface area contributed by atoms with E-state index in [2.05, 4.69) is 9.71 Å². The molecule has 0 amide bonds. The summed E-state index contributed by atoms with van der Waals surface area (Å²) in [5.74, 6) is 1.63. The van der Waals surface area contributed by atoms with Gasteiger partial charge in [-0.15, -0.1) is 0 Å². The molecule has 2 fully saturated rings. The van der Waals surface area contributed by atoms with Crippen LogP contribution in [0.4, 0.5) is 0 Å². The second-order valence-electron chi connectivity index (χ2n) is 7.64. The molecule has 2 N–H and O–H groups in total. The third-order valence-electron chi connectivity index (χ3n) is 4.88. The standard InChI is InChI=1S/C15H24N2O4S/c1-15(2,3)14-16-7-13(21-14)22(19,20)17-12-6-10-4-9(8-18)5-11(10)12/h7,9-12,17-18H,4-6,8H2,1-3H3/t9?,10-,11-,12?/m0/s1. The van der Waals surface area contributed by atoms with Crippen molar-refractivity contribution < 1.29 is 17.9 Å². The molecule has 2 unspecified atom stereocenters. The SMILES string of the molecule is CC(C)(C)c1ncc(S(=O)(=O)NC2C[C@@H]3CC(CO)C[C@H]23)o1. The van der Waals surface area contributed by atoms with Crippen LogP contribution in [0.25, 0.3) is 0 Å². The first-order chi connectivity index (χ1) is 10.2. The van der Waals surface area contributed by atoms with Crippen LogP contribution in [0.1, 0.15) is 45.9 Å². The Morgan fingerprint density at radius 2 is 2.09 bits per heavy atom. The van der Waals surface area contributed by atoms with Gasteiger partial charge >= 0.3 is 0 Å². The van der Waals surface area contributed by atoms with Crippen LogP contribution in [0.15, 0.2) is 15.7 Å². The van der Waals surface area contributed by atoms with E-state index in [-0.39, 0.29) is 23.2 Å². The van der Waals surface area contributed by atoms with Gasteiger partial charge in [-0.05, 0) is 37.0 Å². The number of oxazole rings is 1. The second-order valence-corrected chi connectivity index (χ2v) is 9.29. The Balaban J connectivity index is 1.69. The summed E-state index contributed by atoms with van der Waals surface area (Å²) in [6.45, 7) is 5.97. The third-order valence-corrected chi connectivity index (χ3v) is 6.21. The molecule has 1 aromatic heterocycles. The van der Waals surface area contributed by atoms with E-state index in [4.69, 9.17) is 4.42 Å². The van der Waals surface area contributed by atoms with E-state index in [1.165, 1.54) is 6.20 Å². The normalized spacial score (nSPS) is 31.8.